The number of aryl methyl sites for hydroxylation is 2. The van der Waals surface area contributed by atoms with Crippen molar-refractivity contribution < 1.29 is 21.6 Å². The average molecular weight is 621 g/mol. The van der Waals surface area contributed by atoms with Crippen molar-refractivity contribution in [3.05, 3.63) is 87.9 Å². The molecule has 38 heavy (non-hydrogen) atoms. The third-order valence-electron chi connectivity index (χ3n) is 6.63. The van der Waals surface area contributed by atoms with E-state index in [0.29, 0.717) is 29.8 Å². The minimum atomic E-state index is -3.80. The molecule has 0 aromatic heterocycles. The molecule has 1 fully saturated rings. The molecule has 4 rings (SSSR count). The van der Waals surface area contributed by atoms with E-state index in [2.05, 4.69) is 26.0 Å². The molecule has 0 spiro atoms. The summed E-state index contributed by atoms with van der Waals surface area (Å²) in [7, 11) is -7.28. The Bertz CT molecular complexity index is 1500. The zero-order valence-corrected chi connectivity index (χ0v) is 24.4. The van der Waals surface area contributed by atoms with Crippen LogP contribution in [0, 0.1) is 19.8 Å². The van der Waals surface area contributed by atoms with Crippen molar-refractivity contribution in [2.75, 3.05) is 23.1 Å². The standard InChI is InChI=1S/C27H30BrN3O5S2/c1-19-4-3-5-20(2)26(19)30-38(35,36)25-12-10-24(11-13-25)29-27(32)22-14-16-31(17-15-22)37(33,34)18-21-6-8-23(28)9-7-21/h3-13,22,30H,14-18H2,1-2H3,(H,29,32). The Balaban J connectivity index is 1.33. The van der Waals surface area contributed by atoms with Crippen LogP contribution in [0.25, 0.3) is 0 Å². The summed E-state index contributed by atoms with van der Waals surface area (Å²) in [4.78, 5) is 12.9. The van der Waals surface area contributed by atoms with Gasteiger partial charge in [-0.2, -0.15) is 0 Å². The molecule has 3 aromatic rings. The van der Waals surface area contributed by atoms with E-state index in [1.807, 2.05) is 44.2 Å². The third kappa shape index (κ3) is 6.82. The number of halogens is 1. The van der Waals surface area contributed by atoms with Gasteiger partial charge >= 0.3 is 0 Å². The van der Waals surface area contributed by atoms with Crippen molar-refractivity contribution in [3.8, 4) is 0 Å². The molecular weight excluding hydrogens is 590 g/mol. The zero-order valence-electron chi connectivity index (χ0n) is 21.1. The molecule has 0 atom stereocenters. The number of amides is 1. The van der Waals surface area contributed by atoms with Crippen molar-refractivity contribution in [1.29, 1.82) is 0 Å². The molecule has 2 N–H and O–H groups in total. The second kappa shape index (κ2) is 11.6. The van der Waals surface area contributed by atoms with E-state index in [1.54, 1.807) is 24.3 Å². The molecule has 202 valence electrons. The van der Waals surface area contributed by atoms with Gasteiger partial charge in [-0.3, -0.25) is 9.52 Å². The highest BCUT2D eigenvalue weighted by molar-refractivity contribution is 9.10. The lowest BCUT2D eigenvalue weighted by atomic mass is 9.97. The fraction of sp³-hybridized carbons (Fsp3) is 0.296. The van der Waals surface area contributed by atoms with Crippen LogP contribution in [0.3, 0.4) is 0 Å². The first-order chi connectivity index (χ1) is 17.9. The molecule has 0 aliphatic carbocycles. The molecule has 8 nitrogen and oxygen atoms in total. The van der Waals surface area contributed by atoms with Gasteiger partial charge in [-0.1, -0.05) is 46.3 Å². The number of benzene rings is 3. The van der Waals surface area contributed by atoms with E-state index in [0.717, 1.165) is 15.6 Å². The van der Waals surface area contributed by atoms with Crippen LogP contribution in [0.1, 0.15) is 29.5 Å². The quantitative estimate of drug-likeness (QED) is 0.366. The number of anilines is 2. The maximum Gasteiger partial charge on any atom is 0.261 e. The highest BCUT2D eigenvalue weighted by Crippen LogP contribution is 2.26. The molecule has 1 saturated heterocycles. The number of nitrogens with one attached hydrogen (secondary N) is 2. The van der Waals surface area contributed by atoms with Crippen LogP contribution in [0.4, 0.5) is 11.4 Å². The molecule has 0 unspecified atom stereocenters. The van der Waals surface area contributed by atoms with Gasteiger partial charge in [0.05, 0.1) is 16.3 Å². The predicted octanol–water partition coefficient (Wildman–Crippen LogP) is 5.05. The largest absolute Gasteiger partial charge is 0.326 e. The number of piperidine rings is 1. The van der Waals surface area contributed by atoms with Crippen molar-refractivity contribution in [2.24, 2.45) is 5.92 Å². The fourth-order valence-corrected chi connectivity index (χ4v) is 7.44. The number of sulfonamides is 2. The smallest absolute Gasteiger partial charge is 0.261 e. The molecule has 3 aromatic carbocycles. The average Bonchev–Trinajstić information content (AvgIpc) is 2.88. The van der Waals surface area contributed by atoms with Crippen LogP contribution < -0.4 is 10.0 Å². The van der Waals surface area contributed by atoms with Gasteiger partial charge in [-0.25, -0.2) is 21.1 Å². The molecule has 1 heterocycles. The van der Waals surface area contributed by atoms with Crippen LogP contribution >= 0.6 is 15.9 Å². The molecule has 0 radical (unpaired) electrons. The van der Waals surface area contributed by atoms with Gasteiger partial charge in [0.25, 0.3) is 10.0 Å². The second-order valence-electron chi connectivity index (χ2n) is 9.44. The van der Waals surface area contributed by atoms with Gasteiger partial charge in [0.2, 0.25) is 15.9 Å². The fourth-order valence-electron chi connectivity index (χ4n) is 4.41. The van der Waals surface area contributed by atoms with E-state index < -0.39 is 20.0 Å². The topological polar surface area (TPSA) is 113 Å². The number of hydrogen-bond donors (Lipinski definition) is 2. The lowest BCUT2D eigenvalue weighted by Gasteiger charge is -2.30. The minimum Gasteiger partial charge on any atom is -0.326 e. The van der Waals surface area contributed by atoms with Crippen molar-refractivity contribution in [3.63, 3.8) is 0 Å². The van der Waals surface area contributed by atoms with E-state index in [1.165, 1.54) is 16.4 Å². The second-order valence-corrected chi connectivity index (χ2v) is 14.0. The van der Waals surface area contributed by atoms with Gasteiger partial charge in [0.1, 0.15) is 0 Å². The van der Waals surface area contributed by atoms with Crippen LogP contribution in [-0.4, -0.2) is 40.1 Å². The first-order valence-corrected chi connectivity index (χ1v) is 16.1. The van der Waals surface area contributed by atoms with E-state index in [4.69, 9.17) is 0 Å². The summed E-state index contributed by atoms with van der Waals surface area (Å²) in [5, 5.41) is 2.83. The van der Waals surface area contributed by atoms with Crippen molar-refractivity contribution in [2.45, 2.75) is 37.3 Å². The summed E-state index contributed by atoms with van der Waals surface area (Å²) >= 11 is 3.35. The van der Waals surface area contributed by atoms with Crippen molar-refractivity contribution >= 4 is 53.3 Å². The monoisotopic (exact) mass is 619 g/mol. The van der Waals surface area contributed by atoms with Gasteiger partial charge in [0.15, 0.2) is 0 Å². The summed E-state index contributed by atoms with van der Waals surface area (Å²) in [5.74, 6) is -0.618. The lowest BCUT2D eigenvalue weighted by molar-refractivity contribution is -0.120. The summed E-state index contributed by atoms with van der Waals surface area (Å²) in [6.07, 6.45) is 0.828. The number of carbonyl (C=O) groups is 1. The Morgan fingerprint density at radius 3 is 2.05 bits per heavy atom. The van der Waals surface area contributed by atoms with Crippen LogP contribution in [0.15, 0.2) is 76.1 Å². The van der Waals surface area contributed by atoms with Gasteiger partial charge in [0, 0.05) is 29.2 Å². The van der Waals surface area contributed by atoms with E-state index in [9.17, 15) is 21.6 Å². The molecule has 1 aliphatic heterocycles. The van der Waals surface area contributed by atoms with Gasteiger partial charge < -0.3 is 5.32 Å². The Morgan fingerprint density at radius 1 is 0.895 bits per heavy atom. The zero-order chi connectivity index (χ0) is 27.5. The molecule has 1 aliphatic rings. The normalized spacial score (nSPS) is 15.2. The number of carbonyl (C=O) groups excluding carboxylic acids is 1. The number of para-hydroxylation sites is 1. The SMILES string of the molecule is Cc1cccc(C)c1NS(=O)(=O)c1ccc(NC(=O)C2CCN(S(=O)(=O)Cc3ccc(Br)cc3)CC2)cc1. The Hall–Kier alpha value is -2.73. The lowest BCUT2D eigenvalue weighted by Crippen LogP contribution is -2.41. The highest BCUT2D eigenvalue weighted by atomic mass is 79.9. The summed E-state index contributed by atoms with van der Waals surface area (Å²) in [6.45, 7) is 4.23. The van der Waals surface area contributed by atoms with Gasteiger partial charge in [-0.15, -0.1) is 0 Å². The predicted molar refractivity (Wildman–Crippen MR) is 153 cm³/mol. The minimum absolute atomic E-state index is 0.0787. The number of rotatable bonds is 8. The Morgan fingerprint density at radius 2 is 1.47 bits per heavy atom. The van der Waals surface area contributed by atoms with Crippen LogP contribution in [-0.2, 0) is 30.6 Å². The number of hydrogen-bond acceptors (Lipinski definition) is 5. The van der Waals surface area contributed by atoms with E-state index >= 15 is 0 Å². The molecule has 11 heteroatoms. The maximum atomic E-state index is 12.9. The Kier molecular flexibility index (Phi) is 8.61. The van der Waals surface area contributed by atoms with Crippen LogP contribution in [0.5, 0.6) is 0 Å². The maximum absolute atomic E-state index is 12.9. The van der Waals surface area contributed by atoms with Crippen LogP contribution in [0.2, 0.25) is 0 Å². The Labute approximate surface area is 232 Å². The molecule has 0 saturated carbocycles. The third-order valence-corrected chi connectivity index (χ3v) is 10.4. The first kappa shape index (κ1) is 28.3. The molecule has 1 amide bonds. The molecular formula is C27H30BrN3O5S2. The highest BCUT2D eigenvalue weighted by Gasteiger charge is 2.31. The molecule has 0 bridgehead atoms. The summed E-state index contributed by atoms with van der Waals surface area (Å²) in [6, 6.07) is 18.7. The first-order valence-electron chi connectivity index (χ1n) is 12.2. The van der Waals surface area contributed by atoms with E-state index in [-0.39, 0.29) is 35.6 Å². The van der Waals surface area contributed by atoms with Gasteiger partial charge in [-0.05, 0) is 79.8 Å². The summed E-state index contributed by atoms with van der Waals surface area (Å²) in [5.41, 5.74) is 3.39. The summed E-state index contributed by atoms with van der Waals surface area (Å²) < 4.78 is 56.4. The van der Waals surface area contributed by atoms with Crippen molar-refractivity contribution in [1.82, 2.24) is 4.31 Å². The number of nitrogens with zero attached hydrogens (tertiary/aromatic N) is 1.